The number of carbonyl (C=O) groups is 1. The molecule has 0 bridgehead atoms. The summed E-state index contributed by atoms with van der Waals surface area (Å²) in [5, 5.41) is 17.3. The molecule has 0 aliphatic carbocycles. The van der Waals surface area contributed by atoms with Gasteiger partial charge in [-0.3, -0.25) is 9.48 Å². The number of hydrogen-bond acceptors (Lipinski definition) is 4. The summed E-state index contributed by atoms with van der Waals surface area (Å²) in [6, 6.07) is 5.29. The standard InChI is InChI=1S/C17H16F3N3O2S/c1-9-12-7-14(26-16(12)23(2)22-9)15(25)21-13(8-24)10-3-5-11(6-4-10)17(18,19)20/h3-7,13,24H,8H2,1-2H3,(H,21,25). The molecular formula is C17H16F3N3O2S. The minimum atomic E-state index is -4.43. The molecule has 26 heavy (non-hydrogen) atoms. The van der Waals surface area contributed by atoms with E-state index in [1.807, 2.05) is 6.92 Å². The molecule has 2 heterocycles. The van der Waals surface area contributed by atoms with Crippen LogP contribution in [0.15, 0.2) is 30.3 Å². The summed E-state index contributed by atoms with van der Waals surface area (Å²) in [7, 11) is 1.78. The number of aryl methyl sites for hydroxylation is 2. The minimum absolute atomic E-state index is 0.396. The van der Waals surface area contributed by atoms with E-state index in [1.165, 1.54) is 23.5 Å². The maximum atomic E-state index is 12.6. The van der Waals surface area contributed by atoms with Crippen LogP contribution in [0.2, 0.25) is 0 Å². The fourth-order valence-corrected chi connectivity index (χ4v) is 3.71. The van der Waals surface area contributed by atoms with Gasteiger partial charge >= 0.3 is 6.18 Å². The van der Waals surface area contributed by atoms with Gasteiger partial charge in [-0.1, -0.05) is 12.1 Å². The Kier molecular flexibility index (Phi) is 4.76. The molecule has 0 fully saturated rings. The summed E-state index contributed by atoms with van der Waals surface area (Å²) < 4.78 is 39.6. The van der Waals surface area contributed by atoms with Gasteiger partial charge in [-0.15, -0.1) is 11.3 Å². The monoisotopic (exact) mass is 383 g/mol. The van der Waals surface area contributed by atoms with Crippen LogP contribution in [-0.4, -0.2) is 27.4 Å². The number of benzene rings is 1. The van der Waals surface area contributed by atoms with E-state index in [2.05, 4.69) is 10.4 Å². The third-order valence-electron chi connectivity index (χ3n) is 4.05. The Morgan fingerprint density at radius 1 is 1.35 bits per heavy atom. The van der Waals surface area contributed by atoms with Crippen molar-refractivity contribution in [3.8, 4) is 0 Å². The number of fused-ring (bicyclic) bond motifs is 1. The molecule has 138 valence electrons. The predicted molar refractivity (Wildman–Crippen MR) is 92.1 cm³/mol. The first-order valence-corrected chi connectivity index (χ1v) is 8.54. The number of alkyl halides is 3. The third-order valence-corrected chi connectivity index (χ3v) is 5.25. The molecular weight excluding hydrogens is 367 g/mol. The highest BCUT2D eigenvalue weighted by atomic mass is 32.1. The Morgan fingerprint density at radius 2 is 2.00 bits per heavy atom. The normalized spacial score (nSPS) is 13.2. The fraction of sp³-hybridized carbons (Fsp3) is 0.294. The molecule has 2 N–H and O–H groups in total. The number of aliphatic hydroxyl groups is 1. The van der Waals surface area contributed by atoms with Crippen molar-refractivity contribution in [1.29, 1.82) is 0 Å². The number of amides is 1. The first-order chi connectivity index (χ1) is 12.2. The van der Waals surface area contributed by atoms with Crippen molar-refractivity contribution in [3.05, 3.63) is 52.0 Å². The van der Waals surface area contributed by atoms with Crippen LogP contribution in [0.3, 0.4) is 0 Å². The lowest BCUT2D eigenvalue weighted by Crippen LogP contribution is -2.30. The molecule has 3 aromatic rings. The molecule has 0 radical (unpaired) electrons. The van der Waals surface area contributed by atoms with Crippen molar-refractivity contribution in [2.45, 2.75) is 19.1 Å². The van der Waals surface area contributed by atoms with Crippen LogP contribution in [0.1, 0.15) is 32.5 Å². The largest absolute Gasteiger partial charge is 0.416 e. The lowest BCUT2D eigenvalue weighted by molar-refractivity contribution is -0.137. The quantitative estimate of drug-likeness (QED) is 0.725. The van der Waals surface area contributed by atoms with Crippen LogP contribution >= 0.6 is 11.3 Å². The van der Waals surface area contributed by atoms with Crippen LogP contribution < -0.4 is 5.32 Å². The Labute approximate surface area is 151 Å². The van der Waals surface area contributed by atoms with Crippen LogP contribution in [-0.2, 0) is 13.2 Å². The summed E-state index contributed by atoms with van der Waals surface area (Å²) in [6.07, 6.45) is -4.43. The summed E-state index contributed by atoms with van der Waals surface area (Å²) in [6.45, 7) is 1.41. The molecule has 9 heteroatoms. The average Bonchev–Trinajstić information content (AvgIpc) is 3.14. The van der Waals surface area contributed by atoms with Gasteiger partial charge in [0.05, 0.1) is 28.8 Å². The van der Waals surface area contributed by atoms with Crippen molar-refractivity contribution in [1.82, 2.24) is 15.1 Å². The molecule has 1 amide bonds. The summed E-state index contributed by atoms with van der Waals surface area (Å²) in [5.74, 6) is -0.399. The Balaban J connectivity index is 1.80. The Morgan fingerprint density at radius 3 is 2.54 bits per heavy atom. The van der Waals surface area contributed by atoms with Crippen molar-refractivity contribution >= 4 is 27.5 Å². The molecule has 0 aliphatic rings. The second-order valence-corrected chi connectivity index (χ2v) is 6.90. The Hall–Kier alpha value is -2.39. The van der Waals surface area contributed by atoms with E-state index in [0.29, 0.717) is 10.4 Å². The SMILES string of the molecule is Cc1nn(C)c2sc(C(=O)NC(CO)c3ccc(C(F)(F)F)cc3)cc12. The van der Waals surface area contributed by atoms with Crippen LogP contribution in [0.4, 0.5) is 13.2 Å². The molecule has 0 aliphatic heterocycles. The molecule has 1 atom stereocenters. The van der Waals surface area contributed by atoms with Crippen molar-refractivity contribution in [3.63, 3.8) is 0 Å². The molecule has 0 saturated heterocycles. The fourth-order valence-electron chi connectivity index (χ4n) is 2.69. The maximum absolute atomic E-state index is 12.6. The van der Waals surface area contributed by atoms with E-state index in [4.69, 9.17) is 0 Å². The molecule has 5 nitrogen and oxygen atoms in total. The molecule has 1 aromatic carbocycles. The number of aliphatic hydroxyl groups excluding tert-OH is 1. The van der Waals surface area contributed by atoms with Gasteiger partial charge in [0.2, 0.25) is 0 Å². The zero-order chi connectivity index (χ0) is 19.1. The van der Waals surface area contributed by atoms with Crippen LogP contribution in [0.5, 0.6) is 0 Å². The number of nitrogens with zero attached hydrogens (tertiary/aromatic N) is 2. The van der Waals surface area contributed by atoms with E-state index >= 15 is 0 Å². The second-order valence-electron chi connectivity index (χ2n) is 5.87. The first kappa shape index (κ1) is 18.4. The van der Waals surface area contributed by atoms with Gasteiger partial charge < -0.3 is 10.4 Å². The number of halogens is 3. The lowest BCUT2D eigenvalue weighted by atomic mass is 10.0. The molecule has 0 spiro atoms. The third kappa shape index (κ3) is 3.45. The number of aromatic nitrogens is 2. The summed E-state index contributed by atoms with van der Waals surface area (Å²) >= 11 is 1.26. The first-order valence-electron chi connectivity index (χ1n) is 7.72. The van der Waals surface area contributed by atoms with Gasteiger partial charge in [-0.2, -0.15) is 18.3 Å². The van der Waals surface area contributed by atoms with E-state index < -0.39 is 30.3 Å². The van der Waals surface area contributed by atoms with Gasteiger partial charge in [-0.05, 0) is 30.7 Å². The second kappa shape index (κ2) is 6.73. The van der Waals surface area contributed by atoms with E-state index in [1.54, 1.807) is 17.8 Å². The molecule has 2 aromatic heterocycles. The number of carbonyl (C=O) groups excluding carboxylic acids is 1. The van der Waals surface area contributed by atoms with Crippen molar-refractivity contribution in [2.24, 2.45) is 7.05 Å². The topological polar surface area (TPSA) is 67.2 Å². The van der Waals surface area contributed by atoms with Crippen molar-refractivity contribution < 1.29 is 23.1 Å². The zero-order valence-electron chi connectivity index (χ0n) is 14.0. The van der Waals surface area contributed by atoms with E-state index in [0.717, 1.165) is 28.0 Å². The highest BCUT2D eigenvalue weighted by Gasteiger charge is 2.30. The zero-order valence-corrected chi connectivity index (χ0v) is 14.8. The van der Waals surface area contributed by atoms with Gasteiger partial charge in [0.25, 0.3) is 5.91 Å². The van der Waals surface area contributed by atoms with Gasteiger partial charge in [0.15, 0.2) is 0 Å². The van der Waals surface area contributed by atoms with Crippen LogP contribution in [0.25, 0.3) is 10.2 Å². The van der Waals surface area contributed by atoms with E-state index in [-0.39, 0.29) is 0 Å². The Bertz CT molecular complexity index is 910. The average molecular weight is 383 g/mol. The number of hydrogen-bond donors (Lipinski definition) is 2. The molecule has 3 rings (SSSR count). The smallest absolute Gasteiger partial charge is 0.394 e. The van der Waals surface area contributed by atoms with Gasteiger partial charge in [0, 0.05) is 12.4 Å². The minimum Gasteiger partial charge on any atom is -0.394 e. The summed E-state index contributed by atoms with van der Waals surface area (Å²) in [4.78, 5) is 13.8. The maximum Gasteiger partial charge on any atom is 0.416 e. The number of rotatable bonds is 4. The van der Waals surface area contributed by atoms with Crippen molar-refractivity contribution in [2.75, 3.05) is 6.61 Å². The molecule has 1 unspecified atom stereocenters. The highest BCUT2D eigenvalue weighted by Crippen LogP contribution is 2.30. The van der Waals surface area contributed by atoms with Crippen LogP contribution in [0, 0.1) is 6.92 Å². The molecule has 0 saturated carbocycles. The van der Waals surface area contributed by atoms with Gasteiger partial charge in [0.1, 0.15) is 4.83 Å². The van der Waals surface area contributed by atoms with E-state index in [9.17, 15) is 23.1 Å². The highest BCUT2D eigenvalue weighted by molar-refractivity contribution is 7.20. The lowest BCUT2D eigenvalue weighted by Gasteiger charge is -2.17. The predicted octanol–water partition coefficient (Wildman–Crippen LogP) is 3.43. The number of nitrogens with one attached hydrogen (secondary N) is 1. The summed E-state index contributed by atoms with van der Waals surface area (Å²) in [5.41, 5.74) is 0.420. The number of thiophene rings is 1. The van der Waals surface area contributed by atoms with Gasteiger partial charge in [-0.25, -0.2) is 0 Å².